The fourth-order valence-corrected chi connectivity index (χ4v) is 2.83. The number of amides is 2. The molecule has 9 heteroatoms. The molecule has 0 bridgehead atoms. The van der Waals surface area contributed by atoms with Crippen molar-refractivity contribution < 1.29 is 19.2 Å². The molecule has 1 aliphatic rings. The van der Waals surface area contributed by atoms with Crippen molar-refractivity contribution in [3.8, 4) is 0 Å². The van der Waals surface area contributed by atoms with Crippen LogP contribution < -0.4 is 16.1 Å². The van der Waals surface area contributed by atoms with Gasteiger partial charge in [-0.2, -0.15) is 5.10 Å². The molecule has 1 atom stereocenters. The van der Waals surface area contributed by atoms with Gasteiger partial charge in [0.1, 0.15) is 18.4 Å². The quantitative estimate of drug-likeness (QED) is 0.412. The van der Waals surface area contributed by atoms with Gasteiger partial charge >= 0.3 is 0 Å². The van der Waals surface area contributed by atoms with E-state index in [1.54, 1.807) is 24.4 Å². The van der Waals surface area contributed by atoms with E-state index >= 15 is 0 Å². The number of oxime groups is 1. The van der Waals surface area contributed by atoms with Crippen molar-refractivity contribution in [2.45, 2.75) is 32.7 Å². The highest BCUT2D eigenvalue weighted by Gasteiger charge is 2.26. The van der Waals surface area contributed by atoms with Crippen LogP contribution in [0.4, 0.5) is 5.69 Å². The second kappa shape index (κ2) is 11.4. The van der Waals surface area contributed by atoms with E-state index in [-0.39, 0.29) is 36.2 Å². The van der Waals surface area contributed by atoms with Crippen LogP contribution in [0.2, 0.25) is 0 Å². The minimum absolute atomic E-state index is 0.0969. The summed E-state index contributed by atoms with van der Waals surface area (Å²) >= 11 is 0. The van der Waals surface area contributed by atoms with E-state index in [0.29, 0.717) is 23.4 Å². The Labute approximate surface area is 181 Å². The zero-order valence-electron chi connectivity index (χ0n) is 17.9. The smallest absolute Gasteiger partial charge is 0.242 e. The predicted molar refractivity (Wildman–Crippen MR) is 120 cm³/mol. The van der Waals surface area contributed by atoms with Gasteiger partial charge in [0.05, 0.1) is 11.9 Å². The molecule has 1 unspecified atom stereocenters. The fraction of sp³-hybridized carbons (Fsp3) is 0.318. The molecule has 3 N–H and O–H groups in total. The number of ketones is 1. The van der Waals surface area contributed by atoms with Gasteiger partial charge in [-0.1, -0.05) is 23.9 Å². The number of nitrogens with one attached hydrogen (secondary N) is 3. The third-order valence-corrected chi connectivity index (χ3v) is 4.41. The van der Waals surface area contributed by atoms with Gasteiger partial charge in [0.2, 0.25) is 11.8 Å². The summed E-state index contributed by atoms with van der Waals surface area (Å²) in [6.45, 7) is 7.62. The van der Waals surface area contributed by atoms with E-state index in [0.717, 1.165) is 5.56 Å². The number of hydrogen-bond acceptors (Lipinski definition) is 7. The number of anilines is 1. The van der Waals surface area contributed by atoms with E-state index in [4.69, 9.17) is 4.84 Å². The average molecular weight is 425 g/mol. The van der Waals surface area contributed by atoms with Crippen LogP contribution in [0, 0.1) is 0 Å². The van der Waals surface area contributed by atoms with Crippen molar-refractivity contribution in [1.29, 1.82) is 0 Å². The highest BCUT2D eigenvalue weighted by molar-refractivity contribution is 6.46. The lowest BCUT2D eigenvalue weighted by Gasteiger charge is -2.22. The summed E-state index contributed by atoms with van der Waals surface area (Å²) in [6.07, 6.45) is 3.50. The predicted octanol–water partition coefficient (Wildman–Crippen LogP) is 1.92. The molecule has 0 heterocycles. The molecule has 1 aromatic rings. The minimum Gasteiger partial charge on any atom is -0.396 e. The second-order valence-corrected chi connectivity index (χ2v) is 6.83. The number of likely N-dealkylation sites (N-methyl/N-ethyl adjacent to an activating group) is 1. The van der Waals surface area contributed by atoms with Crippen LogP contribution in [0.5, 0.6) is 0 Å². The van der Waals surface area contributed by atoms with E-state index < -0.39 is 6.04 Å². The number of carbonyl (C=O) groups is 3. The molecule has 0 saturated carbocycles. The standard InChI is InChI=1S/C22H27N5O4/c1-5-31-24-13-16-6-8-18(9-7-16)26-27-19-11-17(14(2)10-21(19)29)12-20(22(30)23-4)25-15(3)28/h6-9,11,13,20,26H,2,5,10,12H2,1,3-4H3,(H,23,30)(H,25,28). The summed E-state index contributed by atoms with van der Waals surface area (Å²) in [5, 5.41) is 13.2. The summed E-state index contributed by atoms with van der Waals surface area (Å²) in [5.74, 6) is -0.833. The van der Waals surface area contributed by atoms with Crippen LogP contribution in [0.25, 0.3) is 0 Å². The van der Waals surface area contributed by atoms with Crippen LogP contribution in [0.3, 0.4) is 0 Å². The maximum absolute atomic E-state index is 12.4. The molecule has 0 saturated heterocycles. The molecule has 0 spiro atoms. The highest BCUT2D eigenvalue weighted by Crippen LogP contribution is 2.24. The van der Waals surface area contributed by atoms with Gasteiger partial charge in [-0.25, -0.2) is 0 Å². The van der Waals surface area contributed by atoms with Gasteiger partial charge in [0.25, 0.3) is 0 Å². The van der Waals surface area contributed by atoms with Crippen molar-refractivity contribution in [2.75, 3.05) is 19.1 Å². The fourth-order valence-electron chi connectivity index (χ4n) is 2.83. The summed E-state index contributed by atoms with van der Waals surface area (Å²) in [6, 6.07) is 6.49. The van der Waals surface area contributed by atoms with Crippen molar-refractivity contribution in [3.05, 3.63) is 53.6 Å². The summed E-state index contributed by atoms with van der Waals surface area (Å²) < 4.78 is 0. The first-order chi connectivity index (χ1) is 14.8. The van der Waals surface area contributed by atoms with Crippen molar-refractivity contribution in [3.63, 3.8) is 0 Å². The molecule has 2 amide bonds. The van der Waals surface area contributed by atoms with Crippen LogP contribution in [0.1, 0.15) is 32.3 Å². The van der Waals surface area contributed by atoms with Gasteiger partial charge < -0.3 is 15.5 Å². The lowest BCUT2D eigenvalue weighted by atomic mass is 9.88. The molecule has 1 aliphatic carbocycles. The lowest BCUT2D eigenvalue weighted by Crippen LogP contribution is -2.45. The number of rotatable bonds is 9. The largest absolute Gasteiger partial charge is 0.396 e. The first-order valence-electron chi connectivity index (χ1n) is 9.83. The molecular formula is C22H27N5O4. The molecule has 0 aliphatic heterocycles. The van der Waals surface area contributed by atoms with Gasteiger partial charge in [0.15, 0.2) is 5.78 Å². The Morgan fingerprint density at radius 1 is 1.29 bits per heavy atom. The maximum atomic E-state index is 12.4. The normalized spacial score (nSPS) is 16.1. The van der Waals surface area contributed by atoms with E-state index in [9.17, 15) is 14.4 Å². The molecule has 9 nitrogen and oxygen atoms in total. The third kappa shape index (κ3) is 7.22. The monoisotopic (exact) mass is 425 g/mol. The highest BCUT2D eigenvalue weighted by atomic mass is 16.6. The Kier molecular flexibility index (Phi) is 8.68. The Morgan fingerprint density at radius 2 is 2.00 bits per heavy atom. The molecule has 1 aromatic carbocycles. The number of Topliss-reactive ketones (excluding diaryl/α,β-unsaturated/α-hetero) is 1. The number of carbonyl (C=O) groups excluding carboxylic acids is 3. The molecule has 2 rings (SSSR count). The van der Waals surface area contributed by atoms with Gasteiger partial charge in [-0.3, -0.25) is 19.8 Å². The van der Waals surface area contributed by atoms with Crippen LogP contribution in [-0.2, 0) is 19.2 Å². The van der Waals surface area contributed by atoms with Crippen LogP contribution in [-0.4, -0.2) is 49.2 Å². The van der Waals surface area contributed by atoms with E-state index in [1.807, 2.05) is 19.1 Å². The number of hydrogen-bond donors (Lipinski definition) is 3. The van der Waals surface area contributed by atoms with E-state index in [1.165, 1.54) is 14.0 Å². The van der Waals surface area contributed by atoms with Crippen molar-refractivity contribution in [1.82, 2.24) is 10.6 Å². The minimum atomic E-state index is -0.765. The van der Waals surface area contributed by atoms with Gasteiger partial charge in [-0.05, 0) is 41.8 Å². The lowest BCUT2D eigenvalue weighted by molar-refractivity contribution is -0.127. The molecule has 0 radical (unpaired) electrons. The van der Waals surface area contributed by atoms with Gasteiger partial charge in [-0.15, -0.1) is 0 Å². The van der Waals surface area contributed by atoms with Crippen LogP contribution >= 0.6 is 0 Å². The summed E-state index contributed by atoms with van der Waals surface area (Å²) in [5.41, 5.74) is 5.92. The molecule has 0 aromatic heterocycles. The Bertz CT molecular complexity index is 932. The number of nitrogens with zero attached hydrogens (tertiary/aromatic N) is 2. The first kappa shape index (κ1) is 23.5. The first-order valence-corrected chi connectivity index (χ1v) is 9.83. The zero-order valence-corrected chi connectivity index (χ0v) is 17.9. The van der Waals surface area contributed by atoms with Crippen molar-refractivity contribution >= 4 is 35.2 Å². The summed E-state index contributed by atoms with van der Waals surface area (Å²) in [7, 11) is 1.50. The maximum Gasteiger partial charge on any atom is 0.242 e. The zero-order chi connectivity index (χ0) is 22.8. The van der Waals surface area contributed by atoms with E-state index in [2.05, 4.69) is 32.9 Å². The number of benzene rings is 1. The Morgan fingerprint density at radius 3 is 2.61 bits per heavy atom. The van der Waals surface area contributed by atoms with Gasteiger partial charge in [0, 0.05) is 26.8 Å². The topological polar surface area (TPSA) is 121 Å². The molecule has 0 fully saturated rings. The molecule has 31 heavy (non-hydrogen) atoms. The number of hydrazone groups is 1. The SMILES string of the molecule is C=C1CC(=O)C(=NNc2ccc(C=NOCC)cc2)C=C1CC(NC(C)=O)C(=O)NC. The third-order valence-electron chi connectivity index (χ3n) is 4.41. The summed E-state index contributed by atoms with van der Waals surface area (Å²) in [4.78, 5) is 40.8. The molecular weight excluding hydrogens is 398 g/mol. The average Bonchev–Trinajstić information content (AvgIpc) is 2.74. The Hall–Kier alpha value is -3.75. The van der Waals surface area contributed by atoms with Crippen LogP contribution in [0.15, 0.2) is 58.3 Å². The second-order valence-electron chi connectivity index (χ2n) is 6.83. The number of allylic oxidation sites excluding steroid dienone is 2. The molecule has 164 valence electrons. The Balaban J connectivity index is 2.15. The van der Waals surface area contributed by atoms with Crippen molar-refractivity contribution in [2.24, 2.45) is 10.3 Å².